The van der Waals surface area contributed by atoms with Crippen LogP contribution in [0, 0.1) is 10.1 Å². The number of aliphatic carboxylic acids is 1. The number of likely N-dealkylation sites (N-methyl/N-ethyl adjacent to an activating group) is 1. The van der Waals surface area contributed by atoms with Crippen molar-refractivity contribution in [3.05, 3.63) is 38.8 Å². The number of hydrogen-bond donors (Lipinski definition) is 1. The summed E-state index contributed by atoms with van der Waals surface area (Å²) in [5.41, 5.74) is -0.802. The zero-order valence-corrected chi connectivity index (χ0v) is 11.4. The number of nitro groups is 1. The lowest BCUT2D eigenvalue weighted by Crippen LogP contribution is -2.34. The number of hydrogen-bond acceptors (Lipinski definition) is 5. The maximum absolute atomic E-state index is 11.9. The summed E-state index contributed by atoms with van der Waals surface area (Å²) in [6, 6.07) is 2.09. The van der Waals surface area contributed by atoms with Crippen LogP contribution in [0.2, 0.25) is 0 Å². The van der Waals surface area contributed by atoms with Gasteiger partial charge in [0.1, 0.15) is 6.54 Å². The van der Waals surface area contributed by atoms with Gasteiger partial charge in [0.05, 0.1) is 11.1 Å². The van der Waals surface area contributed by atoms with Crippen LogP contribution in [-0.4, -0.2) is 45.0 Å². The molecule has 0 aromatic carbocycles. The second-order valence-corrected chi connectivity index (χ2v) is 4.42. The van der Waals surface area contributed by atoms with Crippen molar-refractivity contribution in [3.8, 4) is 0 Å². The van der Waals surface area contributed by atoms with Crippen LogP contribution in [0.4, 0.5) is 5.69 Å². The summed E-state index contributed by atoms with van der Waals surface area (Å²) in [6.45, 7) is -0.0983. The molecule has 9 heteroatoms. The Morgan fingerprint density at radius 3 is 2.67 bits per heavy atom. The van der Waals surface area contributed by atoms with Crippen LogP contribution in [0.25, 0.3) is 0 Å². The highest BCUT2D eigenvalue weighted by Gasteiger charge is 2.13. The number of carbonyl (C=O) groups excluding carboxylic acids is 1. The normalized spacial score (nSPS) is 10.1. The van der Waals surface area contributed by atoms with Crippen molar-refractivity contribution in [3.63, 3.8) is 0 Å². The molecule has 0 aliphatic heterocycles. The Morgan fingerprint density at radius 1 is 1.43 bits per heavy atom. The zero-order valence-electron chi connectivity index (χ0n) is 11.4. The molecule has 1 amide bonds. The Hall–Kier alpha value is -2.71. The molecule has 21 heavy (non-hydrogen) atoms. The van der Waals surface area contributed by atoms with Gasteiger partial charge in [-0.2, -0.15) is 0 Å². The molecule has 0 fully saturated rings. The molecule has 0 aliphatic rings. The first-order valence-corrected chi connectivity index (χ1v) is 6.12. The molecule has 1 rings (SSSR count). The third-order valence-electron chi connectivity index (χ3n) is 2.79. The van der Waals surface area contributed by atoms with Gasteiger partial charge in [0, 0.05) is 32.1 Å². The summed E-state index contributed by atoms with van der Waals surface area (Å²) < 4.78 is 0.953. The summed E-state index contributed by atoms with van der Waals surface area (Å²) in [5.74, 6) is -1.38. The second kappa shape index (κ2) is 7.17. The lowest BCUT2D eigenvalue weighted by Gasteiger charge is -2.17. The van der Waals surface area contributed by atoms with Crippen molar-refractivity contribution in [2.45, 2.75) is 19.4 Å². The highest BCUT2D eigenvalue weighted by Crippen LogP contribution is 2.06. The van der Waals surface area contributed by atoms with Gasteiger partial charge >= 0.3 is 5.97 Å². The average molecular weight is 297 g/mol. The van der Waals surface area contributed by atoms with Gasteiger partial charge in [-0.15, -0.1) is 0 Å². The van der Waals surface area contributed by atoms with E-state index < -0.39 is 22.4 Å². The molecule has 114 valence electrons. The number of rotatable bonds is 7. The van der Waals surface area contributed by atoms with Gasteiger partial charge in [0.2, 0.25) is 5.91 Å². The molecule has 1 aromatic rings. The molecule has 1 aromatic heterocycles. The van der Waals surface area contributed by atoms with Crippen LogP contribution in [0.1, 0.15) is 12.8 Å². The van der Waals surface area contributed by atoms with E-state index in [0.717, 1.165) is 22.9 Å². The highest BCUT2D eigenvalue weighted by atomic mass is 16.6. The van der Waals surface area contributed by atoms with Gasteiger partial charge in [-0.3, -0.25) is 29.1 Å². The molecule has 1 N–H and O–H groups in total. The van der Waals surface area contributed by atoms with Crippen LogP contribution in [0.3, 0.4) is 0 Å². The van der Waals surface area contributed by atoms with E-state index in [0.29, 0.717) is 6.42 Å². The smallest absolute Gasteiger partial charge is 0.303 e. The van der Waals surface area contributed by atoms with Gasteiger partial charge < -0.3 is 10.0 Å². The van der Waals surface area contributed by atoms with E-state index >= 15 is 0 Å². The molecular weight excluding hydrogens is 282 g/mol. The first kappa shape index (κ1) is 16.3. The molecule has 0 unspecified atom stereocenters. The third-order valence-corrected chi connectivity index (χ3v) is 2.79. The molecule has 0 saturated carbocycles. The van der Waals surface area contributed by atoms with E-state index in [1.165, 1.54) is 11.9 Å². The van der Waals surface area contributed by atoms with Crippen LogP contribution in [0.15, 0.2) is 23.1 Å². The van der Waals surface area contributed by atoms with Crippen LogP contribution in [0.5, 0.6) is 0 Å². The minimum absolute atomic E-state index is 0.0611. The lowest BCUT2D eigenvalue weighted by molar-refractivity contribution is -0.385. The van der Waals surface area contributed by atoms with Gasteiger partial charge in [-0.05, 0) is 6.42 Å². The van der Waals surface area contributed by atoms with E-state index in [2.05, 4.69) is 0 Å². The predicted octanol–water partition coefficient (Wildman–Crippen LogP) is 0.0797. The summed E-state index contributed by atoms with van der Waals surface area (Å²) in [7, 11) is 1.48. The lowest BCUT2D eigenvalue weighted by atomic mass is 10.3. The van der Waals surface area contributed by atoms with E-state index in [4.69, 9.17) is 5.11 Å². The molecular formula is C12H15N3O6. The molecule has 0 atom stereocenters. The van der Waals surface area contributed by atoms with E-state index in [1.807, 2.05) is 0 Å². The van der Waals surface area contributed by atoms with Crippen molar-refractivity contribution >= 4 is 17.6 Å². The van der Waals surface area contributed by atoms with Crippen molar-refractivity contribution in [2.24, 2.45) is 0 Å². The van der Waals surface area contributed by atoms with Crippen LogP contribution >= 0.6 is 0 Å². The fourth-order valence-corrected chi connectivity index (χ4v) is 1.61. The number of pyridine rings is 1. The minimum atomic E-state index is -0.953. The second-order valence-electron chi connectivity index (χ2n) is 4.42. The monoisotopic (exact) mass is 297 g/mol. The quantitative estimate of drug-likeness (QED) is 0.561. The van der Waals surface area contributed by atoms with E-state index in [1.54, 1.807) is 0 Å². The molecule has 1 heterocycles. The maximum Gasteiger partial charge on any atom is 0.303 e. The summed E-state index contributed by atoms with van der Waals surface area (Å²) >= 11 is 0. The van der Waals surface area contributed by atoms with Gasteiger partial charge in [0.25, 0.3) is 11.2 Å². The maximum atomic E-state index is 11.9. The zero-order chi connectivity index (χ0) is 16.0. The largest absolute Gasteiger partial charge is 0.481 e. The first-order valence-electron chi connectivity index (χ1n) is 6.12. The SMILES string of the molecule is CN(CCCC(=O)O)C(=O)Cn1cc([N+](=O)[O-])ccc1=O. The van der Waals surface area contributed by atoms with E-state index in [9.17, 15) is 24.5 Å². The topological polar surface area (TPSA) is 123 Å². The Bertz CT molecular complexity index is 609. The predicted molar refractivity (Wildman–Crippen MR) is 71.9 cm³/mol. The molecule has 0 saturated heterocycles. The third kappa shape index (κ3) is 5.05. The standard InChI is InChI=1S/C12H15N3O6/c1-13(6-2-3-12(18)19)11(17)8-14-7-9(15(20)21)4-5-10(14)16/h4-5,7H,2-3,6,8H2,1H3,(H,18,19). The molecule has 9 nitrogen and oxygen atoms in total. The molecule has 0 aliphatic carbocycles. The Balaban J connectivity index is 2.69. The van der Waals surface area contributed by atoms with Crippen molar-refractivity contribution < 1.29 is 19.6 Å². The Kier molecular flexibility index (Phi) is 5.58. The average Bonchev–Trinajstić information content (AvgIpc) is 2.40. The summed E-state index contributed by atoms with van der Waals surface area (Å²) in [6.07, 6.45) is 1.24. The van der Waals surface area contributed by atoms with Crippen molar-refractivity contribution in [1.82, 2.24) is 9.47 Å². The summed E-state index contributed by atoms with van der Waals surface area (Å²) in [4.78, 5) is 45.1. The van der Waals surface area contributed by atoms with Gasteiger partial charge in [-0.25, -0.2) is 0 Å². The fourth-order valence-electron chi connectivity index (χ4n) is 1.61. The number of nitrogens with zero attached hydrogens (tertiary/aromatic N) is 3. The number of carbonyl (C=O) groups is 2. The van der Waals surface area contributed by atoms with Gasteiger partial charge in [-0.1, -0.05) is 0 Å². The fraction of sp³-hybridized carbons (Fsp3) is 0.417. The molecule has 0 spiro atoms. The number of amides is 1. The highest BCUT2D eigenvalue weighted by molar-refractivity contribution is 5.75. The Morgan fingerprint density at radius 2 is 2.10 bits per heavy atom. The van der Waals surface area contributed by atoms with Crippen LogP contribution < -0.4 is 5.56 Å². The Labute approximate surface area is 119 Å². The molecule has 0 radical (unpaired) electrons. The number of carboxylic acid groups (broad SMARTS) is 1. The van der Waals surface area contributed by atoms with Crippen molar-refractivity contribution in [2.75, 3.05) is 13.6 Å². The number of aromatic nitrogens is 1. The van der Waals surface area contributed by atoms with Gasteiger partial charge in [0.15, 0.2) is 0 Å². The first-order chi connectivity index (χ1) is 9.81. The number of carboxylic acids is 1. The van der Waals surface area contributed by atoms with E-state index in [-0.39, 0.29) is 25.2 Å². The minimum Gasteiger partial charge on any atom is -0.481 e. The van der Waals surface area contributed by atoms with Crippen LogP contribution in [-0.2, 0) is 16.1 Å². The molecule has 0 bridgehead atoms. The summed E-state index contributed by atoms with van der Waals surface area (Å²) in [5, 5.41) is 19.1. The van der Waals surface area contributed by atoms with Crippen molar-refractivity contribution in [1.29, 1.82) is 0 Å².